The Morgan fingerprint density at radius 1 is 1.38 bits per heavy atom. The van der Waals surface area contributed by atoms with Gasteiger partial charge in [0.15, 0.2) is 0 Å². The Morgan fingerprint density at radius 2 is 2.19 bits per heavy atom. The van der Waals surface area contributed by atoms with Gasteiger partial charge in [-0.2, -0.15) is 5.10 Å². The van der Waals surface area contributed by atoms with E-state index in [2.05, 4.69) is 28.9 Å². The molecule has 0 radical (unpaired) electrons. The van der Waals surface area contributed by atoms with E-state index in [9.17, 15) is 4.79 Å². The fourth-order valence-corrected chi connectivity index (χ4v) is 2.14. The van der Waals surface area contributed by atoms with Gasteiger partial charge in [0.1, 0.15) is 0 Å². The minimum absolute atomic E-state index is 0.0642. The van der Waals surface area contributed by atoms with Crippen LogP contribution in [0.5, 0.6) is 0 Å². The normalized spacial score (nSPS) is 10.4. The van der Waals surface area contributed by atoms with Gasteiger partial charge in [-0.15, -0.1) is 0 Å². The first-order chi connectivity index (χ1) is 10.1. The van der Waals surface area contributed by atoms with Crippen molar-refractivity contribution in [3.05, 3.63) is 41.7 Å². The number of hydrogen-bond donors (Lipinski definition) is 2. The Bertz CT molecular complexity index is 618. The van der Waals surface area contributed by atoms with Crippen molar-refractivity contribution in [2.45, 2.75) is 40.3 Å². The minimum atomic E-state index is -0.0642. The van der Waals surface area contributed by atoms with Crippen LogP contribution >= 0.6 is 0 Å². The fraction of sp³-hybridized carbons (Fsp3) is 0.375. The van der Waals surface area contributed by atoms with Crippen molar-refractivity contribution in [2.24, 2.45) is 0 Å². The Kier molecular flexibility index (Phi) is 4.98. The zero-order chi connectivity index (χ0) is 15.2. The molecule has 2 N–H and O–H groups in total. The Labute approximate surface area is 125 Å². The lowest BCUT2D eigenvalue weighted by atomic mass is 10.1. The summed E-state index contributed by atoms with van der Waals surface area (Å²) in [4.78, 5) is 11.1. The van der Waals surface area contributed by atoms with Crippen LogP contribution in [0.4, 0.5) is 11.4 Å². The number of carbonyl (C=O) groups excluding carboxylic acids is 1. The van der Waals surface area contributed by atoms with Gasteiger partial charge in [-0.3, -0.25) is 9.48 Å². The summed E-state index contributed by atoms with van der Waals surface area (Å²) in [5.41, 5.74) is 4.11. The molecule has 2 aromatic rings. The van der Waals surface area contributed by atoms with Crippen LogP contribution in [-0.2, 0) is 17.9 Å². The molecule has 0 aliphatic carbocycles. The molecule has 21 heavy (non-hydrogen) atoms. The highest BCUT2D eigenvalue weighted by atomic mass is 16.1. The molecule has 0 unspecified atom stereocenters. The topological polar surface area (TPSA) is 59.0 Å². The summed E-state index contributed by atoms with van der Waals surface area (Å²) in [7, 11) is 0. The highest BCUT2D eigenvalue weighted by Crippen LogP contribution is 2.21. The lowest BCUT2D eigenvalue weighted by molar-refractivity contribution is -0.114. The second-order valence-corrected chi connectivity index (χ2v) is 5.18. The first-order valence-electron chi connectivity index (χ1n) is 7.22. The molecule has 0 spiro atoms. The van der Waals surface area contributed by atoms with Crippen LogP contribution in [0.25, 0.3) is 0 Å². The Morgan fingerprint density at radius 3 is 2.90 bits per heavy atom. The molecule has 0 atom stereocenters. The van der Waals surface area contributed by atoms with E-state index < -0.39 is 0 Å². The number of nitrogens with one attached hydrogen (secondary N) is 2. The number of benzene rings is 1. The maximum atomic E-state index is 11.1. The maximum Gasteiger partial charge on any atom is 0.221 e. The molecule has 5 heteroatoms. The van der Waals surface area contributed by atoms with Crippen molar-refractivity contribution in [2.75, 3.05) is 10.6 Å². The van der Waals surface area contributed by atoms with Crippen molar-refractivity contribution in [3.8, 4) is 0 Å². The van der Waals surface area contributed by atoms with Gasteiger partial charge in [0.25, 0.3) is 0 Å². The van der Waals surface area contributed by atoms with E-state index >= 15 is 0 Å². The minimum Gasteiger partial charge on any atom is -0.381 e. The van der Waals surface area contributed by atoms with E-state index in [1.807, 2.05) is 36.0 Å². The van der Waals surface area contributed by atoms with E-state index in [4.69, 9.17) is 0 Å². The average molecular weight is 286 g/mol. The van der Waals surface area contributed by atoms with Gasteiger partial charge in [-0.25, -0.2) is 0 Å². The van der Waals surface area contributed by atoms with E-state index in [0.717, 1.165) is 35.5 Å². The van der Waals surface area contributed by atoms with Gasteiger partial charge in [0.2, 0.25) is 5.91 Å². The van der Waals surface area contributed by atoms with Crippen molar-refractivity contribution in [3.63, 3.8) is 0 Å². The number of carbonyl (C=O) groups is 1. The summed E-state index contributed by atoms with van der Waals surface area (Å²) in [5.74, 6) is -0.0642. The lowest BCUT2D eigenvalue weighted by Gasteiger charge is -2.11. The lowest BCUT2D eigenvalue weighted by Crippen LogP contribution is -2.07. The molecule has 0 bridgehead atoms. The molecule has 1 aromatic heterocycles. The Hall–Kier alpha value is -2.30. The quantitative estimate of drug-likeness (QED) is 0.857. The van der Waals surface area contributed by atoms with Gasteiger partial charge in [0, 0.05) is 43.1 Å². The molecule has 0 fully saturated rings. The molecule has 112 valence electrons. The number of rotatable bonds is 6. The monoisotopic (exact) mass is 286 g/mol. The van der Waals surface area contributed by atoms with E-state index in [-0.39, 0.29) is 5.91 Å². The molecule has 0 aliphatic heterocycles. The molecule has 2 rings (SSSR count). The number of hydrogen-bond acceptors (Lipinski definition) is 3. The summed E-state index contributed by atoms with van der Waals surface area (Å²) in [6, 6.07) is 5.85. The zero-order valence-electron chi connectivity index (χ0n) is 12.8. The number of aromatic nitrogens is 2. The summed E-state index contributed by atoms with van der Waals surface area (Å²) in [5, 5.41) is 10.5. The van der Waals surface area contributed by atoms with Crippen molar-refractivity contribution < 1.29 is 4.79 Å². The van der Waals surface area contributed by atoms with Gasteiger partial charge in [-0.05, 0) is 31.0 Å². The molecular formula is C16H22N4O. The van der Waals surface area contributed by atoms with Crippen LogP contribution in [0, 0.1) is 6.92 Å². The summed E-state index contributed by atoms with van der Waals surface area (Å²) in [6.45, 7) is 7.34. The van der Waals surface area contributed by atoms with Crippen molar-refractivity contribution in [1.82, 2.24) is 9.78 Å². The predicted octanol–water partition coefficient (Wildman–Crippen LogP) is 3.17. The van der Waals surface area contributed by atoms with Crippen LogP contribution in [0.3, 0.4) is 0 Å². The summed E-state index contributed by atoms with van der Waals surface area (Å²) < 4.78 is 1.96. The van der Waals surface area contributed by atoms with E-state index in [0.29, 0.717) is 6.54 Å². The van der Waals surface area contributed by atoms with Crippen LogP contribution in [0.15, 0.2) is 30.6 Å². The molecule has 0 aliphatic rings. The number of amides is 1. The predicted molar refractivity (Wildman–Crippen MR) is 85.3 cm³/mol. The molecule has 1 amide bonds. The second kappa shape index (κ2) is 6.92. The van der Waals surface area contributed by atoms with Gasteiger partial charge in [-0.1, -0.05) is 13.0 Å². The standard InChI is InChI=1S/C16H22N4O/c1-4-7-20-11-14(10-18-20)9-17-16-8-15(19-13(3)21)6-5-12(16)2/h5-6,8,10-11,17H,4,7,9H2,1-3H3,(H,19,21). The molecule has 1 aromatic carbocycles. The van der Waals surface area contributed by atoms with Crippen molar-refractivity contribution >= 4 is 17.3 Å². The van der Waals surface area contributed by atoms with Crippen LogP contribution in [-0.4, -0.2) is 15.7 Å². The van der Waals surface area contributed by atoms with Crippen molar-refractivity contribution in [1.29, 1.82) is 0 Å². The van der Waals surface area contributed by atoms with E-state index in [1.54, 1.807) is 0 Å². The van der Waals surface area contributed by atoms with Gasteiger partial charge >= 0.3 is 0 Å². The first kappa shape index (κ1) is 15.1. The fourth-order valence-electron chi connectivity index (χ4n) is 2.14. The van der Waals surface area contributed by atoms with Crippen LogP contribution in [0.2, 0.25) is 0 Å². The Balaban J connectivity index is 2.02. The molecule has 5 nitrogen and oxygen atoms in total. The first-order valence-corrected chi connectivity index (χ1v) is 7.22. The van der Waals surface area contributed by atoms with E-state index in [1.165, 1.54) is 6.92 Å². The highest BCUT2D eigenvalue weighted by Gasteiger charge is 2.03. The highest BCUT2D eigenvalue weighted by molar-refractivity contribution is 5.89. The number of nitrogens with zero attached hydrogens (tertiary/aromatic N) is 2. The van der Waals surface area contributed by atoms with Gasteiger partial charge < -0.3 is 10.6 Å². The van der Waals surface area contributed by atoms with Gasteiger partial charge in [0.05, 0.1) is 6.20 Å². The number of anilines is 2. The molecule has 0 saturated heterocycles. The van der Waals surface area contributed by atoms with Crippen LogP contribution < -0.4 is 10.6 Å². The smallest absolute Gasteiger partial charge is 0.221 e. The zero-order valence-corrected chi connectivity index (χ0v) is 12.8. The number of aryl methyl sites for hydroxylation is 2. The molecule has 1 heterocycles. The summed E-state index contributed by atoms with van der Waals surface area (Å²) in [6.07, 6.45) is 5.02. The summed E-state index contributed by atoms with van der Waals surface area (Å²) >= 11 is 0. The third-order valence-corrected chi connectivity index (χ3v) is 3.18. The third-order valence-electron chi connectivity index (χ3n) is 3.18. The molecular weight excluding hydrogens is 264 g/mol. The second-order valence-electron chi connectivity index (χ2n) is 5.18. The van der Waals surface area contributed by atoms with Crippen LogP contribution in [0.1, 0.15) is 31.4 Å². The molecule has 0 saturated carbocycles. The maximum absolute atomic E-state index is 11.1. The largest absolute Gasteiger partial charge is 0.381 e. The third kappa shape index (κ3) is 4.34. The average Bonchev–Trinajstić information content (AvgIpc) is 2.87. The SMILES string of the molecule is CCCn1cc(CNc2cc(NC(C)=O)ccc2C)cn1.